The van der Waals surface area contributed by atoms with Crippen LogP contribution < -0.4 is 15.2 Å². The SMILES string of the molecule is COc1ccc(OCc2c[nH]c3ccc(CN)cc23)cc1. The molecule has 0 aliphatic carbocycles. The van der Waals surface area contributed by atoms with Crippen LogP contribution in [0.2, 0.25) is 0 Å². The van der Waals surface area contributed by atoms with Gasteiger partial charge in [-0.2, -0.15) is 0 Å². The molecule has 4 heteroatoms. The number of aromatic amines is 1. The number of nitrogens with two attached hydrogens (primary N) is 1. The molecule has 0 radical (unpaired) electrons. The van der Waals surface area contributed by atoms with Crippen molar-refractivity contribution in [2.45, 2.75) is 13.2 Å². The Balaban J connectivity index is 1.77. The van der Waals surface area contributed by atoms with Gasteiger partial charge in [0.15, 0.2) is 0 Å². The van der Waals surface area contributed by atoms with Gasteiger partial charge in [-0.25, -0.2) is 0 Å². The quantitative estimate of drug-likeness (QED) is 0.755. The second-order valence-corrected chi connectivity index (χ2v) is 4.86. The van der Waals surface area contributed by atoms with Gasteiger partial charge < -0.3 is 20.2 Å². The number of benzene rings is 2. The highest BCUT2D eigenvalue weighted by Gasteiger charge is 2.05. The molecule has 0 saturated heterocycles. The minimum Gasteiger partial charge on any atom is -0.497 e. The summed E-state index contributed by atoms with van der Waals surface area (Å²) < 4.78 is 11.0. The molecule has 4 nitrogen and oxygen atoms in total. The van der Waals surface area contributed by atoms with Crippen molar-refractivity contribution < 1.29 is 9.47 Å². The Morgan fingerprint density at radius 3 is 2.52 bits per heavy atom. The molecule has 3 rings (SSSR count). The van der Waals surface area contributed by atoms with Crippen LogP contribution in [-0.4, -0.2) is 12.1 Å². The van der Waals surface area contributed by atoms with Gasteiger partial charge in [0.05, 0.1) is 7.11 Å². The summed E-state index contributed by atoms with van der Waals surface area (Å²) in [7, 11) is 1.65. The summed E-state index contributed by atoms with van der Waals surface area (Å²) in [5.41, 5.74) is 9.04. The highest BCUT2D eigenvalue weighted by molar-refractivity contribution is 5.83. The summed E-state index contributed by atoms with van der Waals surface area (Å²) in [6.45, 7) is 1.06. The number of ether oxygens (including phenoxy) is 2. The first-order chi connectivity index (χ1) is 10.3. The Labute approximate surface area is 123 Å². The first kappa shape index (κ1) is 13.5. The summed E-state index contributed by atoms with van der Waals surface area (Å²) in [5, 5.41) is 1.16. The predicted molar refractivity (Wildman–Crippen MR) is 83.5 cm³/mol. The maximum atomic E-state index is 5.82. The molecular weight excluding hydrogens is 264 g/mol. The van der Waals surface area contributed by atoms with Crippen molar-refractivity contribution in [2.75, 3.05) is 7.11 Å². The first-order valence-electron chi connectivity index (χ1n) is 6.86. The summed E-state index contributed by atoms with van der Waals surface area (Å²) in [6, 6.07) is 13.8. The van der Waals surface area contributed by atoms with Gasteiger partial charge in [0.2, 0.25) is 0 Å². The molecule has 0 bridgehead atoms. The third kappa shape index (κ3) is 2.85. The number of rotatable bonds is 5. The van der Waals surface area contributed by atoms with Gasteiger partial charge in [-0.15, -0.1) is 0 Å². The van der Waals surface area contributed by atoms with Crippen molar-refractivity contribution >= 4 is 10.9 Å². The van der Waals surface area contributed by atoms with Crippen LogP contribution in [0.3, 0.4) is 0 Å². The summed E-state index contributed by atoms with van der Waals surface area (Å²) in [6.07, 6.45) is 1.98. The maximum Gasteiger partial charge on any atom is 0.120 e. The zero-order valence-corrected chi connectivity index (χ0v) is 11.9. The normalized spacial score (nSPS) is 10.8. The molecule has 108 valence electrons. The number of aromatic nitrogens is 1. The zero-order valence-electron chi connectivity index (χ0n) is 11.9. The van der Waals surface area contributed by atoms with Gasteiger partial charge in [0, 0.05) is 29.2 Å². The van der Waals surface area contributed by atoms with Crippen molar-refractivity contribution in [3.05, 3.63) is 59.8 Å². The monoisotopic (exact) mass is 282 g/mol. The molecule has 0 saturated carbocycles. The Morgan fingerprint density at radius 1 is 1.05 bits per heavy atom. The maximum absolute atomic E-state index is 5.82. The first-order valence-corrected chi connectivity index (χ1v) is 6.86. The average molecular weight is 282 g/mol. The fourth-order valence-electron chi connectivity index (χ4n) is 2.30. The van der Waals surface area contributed by atoms with Crippen molar-refractivity contribution in [1.82, 2.24) is 4.98 Å². The van der Waals surface area contributed by atoms with Gasteiger partial charge in [0.25, 0.3) is 0 Å². The number of methoxy groups -OCH3 is 1. The minimum absolute atomic E-state index is 0.514. The molecule has 3 aromatic rings. The van der Waals surface area contributed by atoms with E-state index in [4.69, 9.17) is 15.2 Å². The van der Waals surface area contributed by atoms with E-state index in [-0.39, 0.29) is 0 Å². The topological polar surface area (TPSA) is 60.3 Å². The number of H-pyrrole nitrogens is 1. The van der Waals surface area contributed by atoms with Crippen molar-refractivity contribution in [1.29, 1.82) is 0 Å². The van der Waals surface area contributed by atoms with Crippen molar-refractivity contribution in [2.24, 2.45) is 5.73 Å². The van der Waals surface area contributed by atoms with Crippen LogP contribution >= 0.6 is 0 Å². The third-order valence-electron chi connectivity index (χ3n) is 3.52. The predicted octanol–water partition coefficient (Wildman–Crippen LogP) is 3.21. The number of nitrogens with one attached hydrogen (secondary N) is 1. The molecule has 0 unspecified atom stereocenters. The lowest BCUT2D eigenvalue weighted by atomic mass is 10.1. The molecule has 1 heterocycles. The molecule has 21 heavy (non-hydrogen) atoms. The van der Waals surface area contributed by atoms with E-state index < -0.39 is 0 Å². The Hall–Kier alpha value is -2.46. The van der Waals surface area contributed by atoms with Gasteiger partial charge in [0.1, 0.15) is 18.1 Å². The zero-order chi connectivity index (χ0) is 14.7. The molecule has 1 aromatic heterocycles. The van der Waals surface area contributed by atoms with Crippen LogP contribution in [0.1, 0.15) is 11.1 Å². The lowest BCUT2D eigenvalue weighted by Gasteiger charge is -2.07. The summed E-state index contributed by atoms with van der Waals surface area (Å²) in [4.78, 5) is 3.25. The fourth-order valence-corrected chi connectivity index (χ4v) is 2.30. The molecule has 0 fully saturated rings. The van der Waals surface area contributed by atoms with E-state index in [2.05, 4.69) is 17.1 Å². The molecule has 0 spiro atoms. The van der Waals surface area contributed by atoms with Crippen LogP contribution in [0.25, 0.3) is 10.9 Å². The van der Waals surface area contributed by atoms with E-state index in [0.717, 1.165) is 33.5 Å². The van der Waals surface area contributed by atoms with Crippen LogP contribution in [0.4, 0.5) is 0 Å². The molecule has 3 N–H and O–H groups in total. The molecule has 0 amide bonds. The van der Waals surface area contributed by atoms with Gasteiger partial charge in [-0.1, -0.05) is 6.07 Å². The van der Waals surface area contributed by atoms with Gasteiger partial charge in [-0.05, 0) is 42.0 Å². The molecule has 2 aromatic carbocycles. The molecule has 0 atom stereocenters. The highest BCUT2D eigenvalue weighted by Crippen LogP contribution is 2.23. The second-order valence-electron chi connectivity index (χ2n) is 4.86. The Morgan fingerprint density at radius 2 is 1.81 bits per heavy atom. The Bertz CT molecular complexity index is 732. The van der Waals surface area contributed by atoms with E-state index >= 15 is 0 Å². The summed E-state index contributed by atoms with van der Waals surface area (Å²) in [5.74, 6) is 1.64. The van der Waals surface area contributed by atoms with Crippen LogP contribution in [-0.2, 0) is 13.2 Å². The third-order valence-corrected chi connectivity index (χ3v) is 3.52. The van der Waals surface area contributed by atoms with Crippen LogP contribution in [0.5, 0.6) is 11.5 Å². The van der Waals surface area contributed by atoms with Gasteiger partial charge in [-0.3, -0.25) is 0 Å². The second kappa shape index (κ2) is 5.89. The number of hydrogen-bond acceptors (Lipinski definition) is 3. The average Bonchev–Trinajstić information content (AvgIpc) is 2.95. The molecule has 0 aliphatic rings. The van der Waals surface area contributed by atoms with E-state index in [0.29, 0.717) is 13.2 Å². The Kier molecular flexibility index (Phi) is 3.79. The smallest absolute Gasteiger partial charge is 0.120 e. The minimum atomic E-state index is 0.514. The number of hydrogen-bond donors (Lipinski definition) is 2. The molecular formula is C17H18N2O2. The van der Waals surface area contributed by atoms with Crippen molar-refractivity contribution in [3.8, 4) is 11.5 Å². The van der Waals surface area contributed by atoms with Crippen LogP contribution in [0.15, 0.2) is 48.7 Å². The lowest BCUT2D eigenvalue weighted by Crippen LogP contribution is -1.97. The number of fused-ring (bicyclic) bond motifs is 1. The largest absolute Gasteiger partial charge is 0.497 e. The van der Waals surface area contributed by atoms with Crippen molar-refractivity contribution in [3.63, 3.8) is 0 Å². The van der Waals surface area contributed by atoms with E-state index in [1.54, 1.807) is 7.11 Å². The summed E-state index contributed by atoms with van der Waals surface area (Å²) >= 11 is 0. The van der Waals surface area contributed by atoms with E-state index in [9.17, 15) is 0 Å². The van der Waals surface area contributed by atoms with Crippen LogP contribution in [0, 0.1) is 0 Å². The van der Waals surface area contributed by atoms with E-state index in [1.165, 1.54) is 0 Å². The molecule has 0 aliphatic heterocycles. The van der Waals surface area contributed by atoms with Gasteiger partial charge >= 0.3 is 0 Å². The standard InChI is InChI=1S/C17H18N2O2/c1-20-14-3-5-15(6-4-14)21-11-13-10-19-17-7-2-12(9-18)8-16(13)17/h2-8,10,19H,9,11,18H2,1H3. The fraction of sp³-hybridized carbons (Fsp3) is 0.176. The lowest BCUT2D eigenvalue weighted by molar-refractivity contribution is 0.307. The van der Waals surface area contributed by atoms with E-state index in [1.807, 2.05) is 36.5 Å². The highest BCUT2D eigenvalue weighted by atomic mass is 16.5.